The van der Waals surface area contributed by atoms with Crippen molar-refractivity contribution in [1.29, 1.82) is 0 Å². The lowest BCUT2D eigenvalue weighted by Gasteiger charge is -2.26. The summed E-state index contributed by atoms with van der Waals surface area (Å²) >= 11 is 0. The molecule has 2 aromatic carbocycles. The van der Waals surface area contributed by atoms with Crippen molar-refractivity contribution in [3.05, 3.63) is 70.2 Å². The fourth-order valence-corrected chi connectivity index (χ4v) is 3.79. The van der Waals surface area contributed by atoms with Gasteiger partial charge in [0.2, 0.25) is 0 Å². The van der Waals surface area contributed by atoms with Gasteiger partial charge in [0.15, 0.2) is 12.2 Å². The third kappa shape index (κ3) is 4.23. The van der Waals surface area contributed by atoms with Crippen LogP contribution < -0.4 is 11.1 Å². The maximum atomic E-state index is 12.2. The van der Waals surface area contributed by atoms with Gasteiger partial charge in [0.05, 0.1) is 18.0 Å². The Hall–Kier alpha value is -3.35. The van der Waals surface area contributed by atoms with E-state index in [0.29, 0.717) is 11.1 Å². The molecule has 4 rings (SSSR count). The molecule has 0 unspecified atom stereocenters. The number of amides is 1. The fraction of sp³-hybridized carbons (Fsp3) is 0.318. The average Bonchev–Trinajstić information content (AvgIpc) is 3.06. The molecule has 1 atom stereocenters. The largest absolute Gasteiger partial charge is 0.456 e. The maximum absolute atomic E-state index is 12.2. The average molecular weight is 394 g/mol. The second-order valence-electron chi connectivity index (χ2n) is 7.11. The summed E-state index contributed by atoms with van der Waals surface area (Å²) in [6, 6.07) is 15.0. The molecule has 7 nitrogen and oxygen atoms in total. The number of aryl methyl sites for hydroxylation is 2. The summed E-state index contributed by atoms with van der Waals surface area (Å²) < 4.78 is 11.6. The van der Waals surface area contributed by atoms with E-state index in [4.69, 9.17) is 9.15 Å². The van der Waals surface area contributed by atoms with Crippen LogP contribution in [-0.4, -0.2) is 23.1 Å². The molecule has 3 aromatic rings. The van der Waals surface area contributed by atoms with Crippen molar-refractivity contribution in [1.82, 2.24) is 9.88 Å². The highest BCUT2D eigenvalue weighted by Gasteiger charge is 2.21. The van der Waals surface area contributed by atoms with Crippen LogP contribution in [0.25, 0.3) is 11.1 Å². The van der Waals surface area contributed by atoms with E-state index in [1.807, 2.05) is 18.2 Å². The standard InChI is InChI=1S/C22H22N2O5/c25-20(23-17-9-5-7-15-6-1-2-8-16(15)17)14-28-21(26)12-13-24-18-10-3-4-11-19(18)29-22(24)27/h1-4,6,8,10-11,17H,5,7,9,12-14H2,(H,23,25)/t17-/m1/s1. The number of rotatable bonds is 6. The predicted molar refractivity (Wildman–Crippen MR) is 106 cm³/mol. The van der Waals surface area contributed by atoms with E-state index in [-0.39, 0.29) is 31.5 Å². The number of oxazole rings is 1. The summed E-state index contributed by atoms with van der Waals surface area (Å²) in [6.45, 7) is -0.204. The molecule has 1 aromatic heterocycles. The zero-order valence-corrected chi connectivity index (χ0v) is 15.9. The molecule has 1 aliphatic rings. The van der Waals surface area contributed by atoms with Gasteiger partial charge in [-0.3, -0.25) is 14.2 Å². The lowest BCUT2D eigenvalue weighted by Crippen LogP contribution is -2.34. The number of benzene rings is 2. The second kappa shape index (κ2) is 8.34. The minimum atomic E-state index is -0.540. The summed E-state index contributed by atoms with van der Waals surface area (Å²) in [6.07, 6.45) is 2.87. The van der Waals surface area contributed by atoms with E-state index < -0.39 is 11.7 Å². The van der Waals surface area contributed by atoms with Crippen LogP contribution in [0.15, 0.2) is 57.7 Å². The van der Waals surface area contributed by atoms with E-state index in [1.54, 1.807) is 24.3 Å². The number of nitrogens with one attached hydrogen (secondary N) is 1. The van der Waals surface area contributed by atoms with Gasteiger partial charge in [-0.1, -0.05) is 36.4 Å². The molecule has 1 aliphatic carbocycles. The van der Waals surface area contributed by atoms with E-state index in [0.717, 1.165) is 24.8 Å². The topological polar surface area (TPSA) is 90.5 Å². The zero-order valence-electron chi connectivity index (χ0n) is 15.9. The summed E-state index contributed by atoms with van der Waals surface area (Å²) in [5.41, 5.74) is 3.47. The van der Waals surface area contributed by atoms with E-state index in [1.165, 1.54) is 10.1 Å². The molecule has 150 valence electrons. The number of esters is 1. The van der Waals surface area contributed by atoms with Gasteiger partial charge < -0.3 is 14.5 Å². The van der Waals surface area contributed by atoms with Crippen LogP contribution in [0.3, 0.4) is 0 Å². The summed E-state index contributed by atoms with van der Waals surface area (Å²) in [7, 11) is 0. The Labute approximate surface area is 167 Å². The van der Waals surface area contributed by atoms with E-state index in [9.17, 15) is 14.4 Å². The van der Waals surface area contributed by atoms with Crippen LogP contribution in [0, 0.1) is 0 Å². The first kappa shape index (κ1) is 19.0. The molecule has 7 heteroatoms. The van der Waals surface area contributed by atoms with Crippen LogP contribution in [0.4, 0.5) is 0 Å². The van der Waals surface area contributed by atoms with Crippen molar-refractivity contribution in [2.24, 2.45) is 0 Å². The Morgan fingerprint density at radius 1 is 1.14 bits per heavy atom. The molecule has 0 fully saturated rings. The molecule has 1 heterocycles. The quantitative estimate of drug-likeness (QED) is 0.649. The Morgan fingerprint density at radius 3 is 2.83 bits per heavy atom. The molecule has 0 bridgehead atoms. The highest BCUT2D eigenvalue weighted by atomic mass is 16.5. The Morgan fingerprint density at radius 2 is 1.93 bits per heavy atom. The van der Waals surface area contributed by atoms with Crippen LogP contribution in [0.5, 0.6) is 0 Å². The van der Waals surface area contributed by atoms with Crippen molar-refractivity contribution in [2.75, 3.05) is 6.61 Å². The highest BCUT2D eigenvalue weighted by Crippen LogP contribution is 2.29. The molecule has 0 saturated heterocycles. The third-order valence-electron chi connectivity index (χ3n) is 5.18. The minimum absolute atomic E-state index is 0.0248. The molecule has 0 aliphatic heterocycles. The molecule has 0 saturated carbocycles. The number of hydrogen-bond donors (Lipinski definition) is 1. The minimum Gasteiger partial charge on any atom is -0.456 e. The number of hydrogen-bond acceptors (Lipinski definition) is 5. The first-order valence-corrected chi connectivity index (χ1v) is 9.73. The Bertz CT molecular complexity index is 1100. The van der Waals surface area contributed by atoms with Gasteiger partial charge in [-0.15, -0.1) is 0 Å². The lowest BCUT2D eigenvalue weighted by molar-refractivity contribution is -0.149. The predicted octanol–water partition coefficient (Wildman–Crippen LogP) is 2.72. The smallest absolute Gasteiger partial charge is 0.419 e. The second-order valence-corrected chi connectivity index (χ2v) is 7.11. The number of aromatic nitrogens is 1. The number of carbonyl (C=O) groups excluding carboxylic acids is 2. The van der Waals surface area contributed by atoms with Crippen LogP contribution in [0.1, 0.15) is 36.4 Å². The van der Waals surface area contributed by atoms with Gasteiger partial charge in [-0.25, -0.2) is 4.79 Å². The molecule has 0 radical (unpaired) electrons. The maximum Gasteiger partial charge on any atom is 0.419 e. The fourth-order valence-electron chi connectivity index (χ4n) is 3.79. The van der Waals surface area contributed by atoms with Crippen LogP contribution in [-0.2, 0) is 27.3 Å². The van der Waals surface area contributed by atoms with Gasteiger partial charge in [0, 0.05) is 6.54 Å². The third-order valence-corrected chi connectivity index (χ3v) is 5.18. The first-order valence-electron chi connectivity index (χ1n) is 9.73. The summed E-state index contributed by atoms with van der Waals surface area (Å²) in [5.74, 6) is -1.39. The molecule has 1 N–H and O–H groups in total. The first-order chi connectivity index (χ1) is 14.1. The lowest BCUT2D eigenvalue weighted by atomic mass is 9.88. The van der Waals surface area contributed by atoms with Crippen LogP contribution in [0.2, 0.25) is 0 Å². The molecule has 1 amide bonds. The van der Waals surface area contributed by atoms with E-state index in [2.05, 4.69) is 11.4 Å². The number of carbonyl (C=O) groups is 2. The van der Waals surface area contributed by atoms with Crippen molar-refractivity contribution < 1.29 is 18.7 Å². The van der Waals surface area contributed by atoms with Crippen molar-refractivity contribution in [2.45, 2.75) is 38.3 Å². The molecule has 0 spiro atoms. The SMILES string of the molecule is O=C(COC(=O)CCn1c(=O)oc2ccccc21)N[C@@H]1CCCc2ccccc21. The van der Waals surface area contributed by atoms with Gasteiger partial charge in [-0.2, -0.15) is 0 Å². The number of ether oxygens (including phenoxy) is 1. The zero-order chi connectivity index (χ0) is 20.2. The Balaban J connectivity index is 1.28. The number of nitrogens with zero attached hydrogens (tertiary/aromatic N) is 1. The Kier molecular flexibility index (Phi) is 5.46. The van der Waals surface area contributed by atoms with E-state index >= 15 is 0 Å². The van der Waals surface area contributed by atoms with Crippen molar-refractivity contribution >= 4 is 23.0 Å². The summed E-state index contributed by atoms with van der Waals surface area (Å²) in [5, 5.41) is 2.95. The van der Waals surface area contributed by atoms with Gasteiger partial charge in [0.1, 0.15) is 0 Å². The molecule has 29 heavy (non-hydrogen) atoms. The monoisotopic (exact) mass is 394 g/mol. The number of para-hydroxylation sites is 2. The van der Waals surface area contributed by atoms with Gasteiger partial charge >= 0.3 is 11.7 Å². The normalized spacial score (nSPS) is 15.7. The van der Waals surface area contributed by atoms with Gasteiger partial charge in [-0.05, 0) is 42.5 Å². The van der Waals surface area contributed by atoms with Crippen molar-refractivity contribution in [3.63, 3.8) is 0 Å². The molecular formula is C22H22N2O5. The van der Waals surface area contributed by atoms with Crippen molar-refractivity contribution in [3.8, 4) is 0 Å². The summed E-state index contributed by atoms with van der Waals surface area (Å²) in [4.78, 5) is 36.2. The highest BCUT2D eigenvalue weighted by molar-refractivity contribution is 5.81. The molecular weight excluding hydrogens is 372 g/mol. The van der Waals surface area contributed by atoms with Crippen LogP contribution >= 0.6 is 0 Å². The number of fused-ring (bicyclic) bond motifs is 2. The van der Waals surface area contributed by atoms with Gasteiger partial charge in [0.25, 0.3) is 5.91 Å².